The zero-order valence-electron chi connectivity index (χ0n) is 14.8. The van der Waals surface area contributed by atoms with E-state index in [9.17, 15) is 4.79 Å². The summed E-state index contributed by atoms with van der Waals surface area (Å²) >= 11 is 0. The second-order valence-electron chi connectivity index (χ2n) is 6.84. The van der Waals surface area contributed by atoms with E-state index >= 15 is 0 Å². The van der Waals surface area contributed by atoms with Crippen molar-refractivity contribution in [1.29, 1.82) is 0 Å². The van der Waals surface area contributed by atoms with Gasteiger partial charge in [0.15, 0.2) is 11.5 Å². The molecule has 1 aromatic carbocycles. The van der Waals surface area contributed by atoms with Gasteiger partial charge in [-0.25, -0.2) is 0 Å². The molecule has 5 heteroatoms. The van der Waals surface area contributed by atoms with Crippen molar-refractivity contribution in [3.63, 3.8) is 0 Å². The lowest BCUT2D eigenvalue weighted by Gasteiger charge is -2.16. The average molecular weight is 350 g/mol. The minimum atomic E-state index is -0.486. The highest BCUT2D eigenvalue weighted by atomic mass is 16.7. The molecule has 1 amide bonds. The maximum absolute atomic E-state index is 12.9. The van der Waals surface area contributed by atoms with Gasteiger partial charge >= 0.3 is 0 Å². The van der Waals surface area contributed by atoms with Crippen LogP contribution in [0.15, 0.2) is 66.2 Å². The summed E-state index contributed by atoms with van der Waals surface area (Å²) in [6.07, 6.45) is 10.2. The van der Waals surface area contributed by atoms with Gasteiger partial charge in [0, 0.05) is 23.5 Å². The van der Waals surface area contributed by atoms with Crippen molar-refractivity contribution in [2.75, 3.05) is 6.79 Å². The number of hydrogen-bond donors (Lipinski definition) is 2. The van der Waals surface area contributed by atoms with Crippen molar-refractivity contribution in [3.8, 4) is 11.5 Å². The predicted molar refractivity (Wildman–Crippen MR) is 99.5 cm³/mol. The van der Waals surface area contributed by atoms with Crippen molar-refractivity contribution in [3.05, 3.63) is 71.7 Å². The van der Waals surface area contributed by atoms with Crippen molar-refractivity contribution in [2.45, 2.75) is 31.6 Å². The standard InChI is InChI=1S/C21H22N2O3/c1-3-16(7-8-17-6-4-14(2)22-17)23-20(24)21(10-11-21)15-5-9-18-19(12-15)26-13-25-18/h3-5,7-9,12,22H,1,6,10-11,13H2,2H3,(H,23,24)/b16-7+,17-8+. The second kappa shape index (κ2) is 6.41. The summed E-state index contributed by atoms with van der Waals surface area (Å²) < 4.78 is 10.8. The summed E-state index contributed by atoms with van der Waals surface area (Å²) in [7, 11) is 0. The van der Waals surface area contributed by atoms with Gasteiger partial charge in [0.1, 0.15) is 0 Å². The van der Waals surface area contributed by atoms with Crippen LogP contribution in [0.3, 0.4) is 0 Å². The van der Waals surface area contributed by atoms with E-state index in [0.29, 0.717) is 11.4 Å². The lowest BCUT2D eigenvalue weighted by Crippen LogP contribution is -2.33. The third-order valence-electron chi connectivity index (χ3n) is 5.04. The number of benzene rings is 1. The molecule has 2 heterocycles. The Bertz CT molecular complexity index is 860. The van der Waals surface area contributed by atoms with E-state index in [4.69, 9.17) is 9.47 Å². The number of nitrogens with one attached hydrogen (secondary N) is 2. The lowest BCUT2D eigenvalue weighted by atomic mass is 9.94. The Balaban J connectivity index is 1.49. The zero-order chi connectivity index (χ0) is 18.1. The predicted octanol–water partition coefficient (Wildman–Crippen LogP) is 3.41. The third-order valence-corrected chi connectivity index (χ3v) is 5.04. The van der Waals surface area contributed by atoms with E-state index in [-0.39, 0.29) is 12.7 Å². The molecular weight excluding hydrogens is 328 g/mol. The topological polar surface area (TPSA) is 59.6 Å². The summed E-state index contributed by atoms with van der Waals surface area (Å²) in [6.45, 7) is 6.08. The summed E-state index contributed by atoms with van der Waals surface area (Å²) in [4.78, 5) is 12.9. The smallest absolute Gasteiger partial charge is 0.235 e. The summed E-state index contributed by atoms with van der Waals surface area (Å²) in [5.74, 6) is 1.44. The van der Waals surface area contributed by atoms with Gasteiger partial charge in [0.05, 0.1) is 5.41 Å². The molecule has 26 heavy (non-hydrogen) atoms. The minimum Gasteiger partial charge on any atom is -0.454 e. The van der Waals surface area contributed by atoms with Crippen LogP contribution in [-0.2, 0) is 10.2 Å². The average Bonchev–Trinajstić information content (AvgIpc) is 3.14. The molecule has 2 aliphatic heterocycles. The van der Waals surface area contributed by atoms with Crippen LogP contribution in [0, 0.1) is 0 Å². The van der Waals surface area contributed by atoms with Crippen LogP contribution < -0.4 is 20.1 Å². The highest BCUT2D eigenvalue weighted by Crippen LogP contribution is 2.50. The van der Waals surface area contributed by atoms with Crippen LogP contribution in [0.1, 0.15) is 31.7 Å². The van der Waals surface area contributed by atoms with Crippen LogP contribution in [-0.4, -0.2) is 12.7 Å². The Morgan fingerprint density at radius 1 is 1.31 bits per heavy atom. The van der Waals surface area contributed by atoms with Gasteiger partial charge in [-0.1, -0.05) is 18.7 Å². The van der Waals surface area contributed by atoms with Crippen molar-refractivity contribution in [2.24, 2.45) is 0 Å². The molecule has 2 N–H and O–H groups in total. The molecule has 0 saturated heterocycles. The first kappa shape index (κ1) is 16.5. The maximum Gasteiger partial charge on any atom is 0.235 e. The van der Waals surface area contributed by atoms with Gasteiger partial charge in [-0.2, -0.15) is 0 Å². The molecular formula is C21H22N2O3. The monoisotopic (exact) mass is 350 g/mol. The largest absolute Gasteiger partial charge is 0.454 e. The molecule has 0 aromatic heterocycles. The summed E-state index contributed by atoms with van der Waals surface area (Å²) in [5, 5.41) is 6.30. The van der Waals surface area contributed by atoms with Gasteiger partial charge in [-0.05, 0) is 55.7 Å². The Morgan fingerprint density at radius 3 is 2.81 bits per heavy atom. The molecule has 0 atom stereocenters. The second-order valence-corrected chi connectivity index (χ2v) is 6.84. The van der Waals surface area contributed by atoms with E-state index in [1.807, 2.05) is 37.3 Å². The fourth-order valence-corrected chi connectivity index (χ4v) is 3.30. The third kappa shape index (κ3) is 3.01. The molecule has 1 aliphatic carbocycles. The molecule has 0 bridgehead atoms. The number of amides is 1. The Hall–Kier alpha value is -2.95. The number of carbonyl (C=O) groups is 1. The van der Waals surface area contributed by atoms with E-state index < -0.39 is 5.41 Å². The lowest BCUT2D eigenvalue weighted by molar-refractivity contribution is -0.122. The SMILES string of the molecule is C=C/C(=C\C=C1/CC=C(C)N1)NC(=O)C1(c2ccc3c(c2)OCO3)CC1. The normalized spacial score (nSPS) is 21.2. The van der Waals surface area contributed by atoms with Crippen LogP contribution >= 0.6 is 0 Å². The molecule has 0 spiro atoms. The van der Waals surface area contributed by atoms with Crippen molar-refractivity contribution in [1.82, 2.24) is 10.6 Å². The number of carbonyl (C=O) groups excluding carboxylic acids is 1. The highest BCUT2D eigenvalue weighted by Gasteiger charge is 2.51. The van der Waals surface area contributed by atoms with Gasteiger partial charge in [-0.15, -0.1) is 0 Å². The van der Waals surface area contributed by atoms with E-state index in [2.05, 4.69) is 23.3 Å². The molecule has 3 aliphatic rings. The van der Waals surface area contributed by atoms with E-state index in [0.717, 1.165) is 42.0 Å². The molecule has 1 saturated carbocycles. The number of hydrogen-bond acceptors (Lipinski definition) is 4. The molecule has 1 fully saturated rings. The number of fused-ring (bicyclic) bond motifs is 1. The zero-order valence-corrected chi connectivity index (χ0v) is 14.8. The number of rotatable bonds is 5. The quantitative estimate of drug-likeness (QED) is 0.799. The Kier molecular flexibility index (Phi) is 4.07. The fourth-order valence-electron chi connectivity index (χ4n) is 3.30. The van der Waals surface area contributed by atoms with Gasteiger partial charge in [0.2, 0.25) is 12.7 Å². The molecule has 4 rings (SSSR count). The Labute approximate surface area is 153 Å². The van der Waals surface area contributed by atoms with E-state index in [1.165, 1.54) is 0 Å². The first-order valence-corrected chi connectivity index (χ1v) is 8.79. The molecule has 0 unspecified atom stereocenters. The Morgan fingerprint density at radius 2 is 2.12 bits per heavy atom. The van der Waals surface area contributed by atoms with Gasteiger partial charge < -0.3 is 20.1 Å². The molecule has 134 valence electrons. The van der Waals surface area contributed by atoms with Crippen LogP contribution in [0.25, 0.3) is 0 Å². The molecule has 0 radical (unpaired) electrons. The molecule has 5 nitrogen and oxygen atoms in total. The number of allylic oxidation sites excluding steroid dienone is 5. The van der Waals surface area contributed by atoms with Crippen LogP contribution in [0.4, 0.5) is 0 Å². The van der Waals surface area contributed by atoms with Crippen molar-refractivity contribution >= 4 is 5.91 Å². The van der Waals surface area contributed by atoms with Gasteiger partial charge in [0.25, 0.3) is 0 Å². The number of ether oxygens (including phenoxy) is 2. The first-order valence-electron chi connectivity index (χ1n) is 8.79. The first-order chi connectivity index (χ1) is 12.6. The van der Waals surface area contributed by atoms with Crippen LogP contribution in [0.5, 0.6) is 11.5 Å². The summed E-state index contributed by atoms with van der Waals surface area (Å²) in [6, 6.07) is 5.75. The summed E-state index contributed by atoms with van der Waals surface area (Å²) in [5.41, 5.74) is 3.43. The van der Waals surface area contributed by atoms with Gasteiger partial charge in [-0.3, -0.25) is 4.79 Å². The molecule has 1 aromatic rings. The minimum absolute atomic E-state index is 0.00500. The fraction of sp³-hybridized carbons (Fsp3) is 0.286. The van der Waals surface area contributed by atoms with E-state index in [1.54, 1.807) is 6.08 Å². The van der Waals surface area contributed by atoms with Crippen molar-refractivity contribution < 1.29 is 14.3 Å². The highest BCUT2D eigenvalue weighted by molar-refractivity contribution is 5.93. The maximum atomic E-state index is 12.9. The van der Waals surface area contributed by atoms with Crippen LogP contribution in [0.2, 0.25) is 0 Å².